The van der Waals surface area contributed by atoms with E-state index >= 15 is 0 Å². The van der Waals surface area contributed by atoms with Crippen molar-refractivity contribution in [1.82, 2.24) is 14.5 Å². The van der Waals surface area contributed by atoms with Crippen LogP contribution in [-0.4, -0.2) is 63.3 Å². The highest BCUT2D eigenvalue weighted by Crippen LogP contribution is 2.22. The van der Waals surface area contributed by atoms with Gasteiger partial charge in [0.05, 0.1) is 4.90 Å². The van der Waals surface area contributed by atoms with Crippen LogP contribution in [0.3, 0.4) is 0 Å². The molecule has 1 heterocycles. The molecule has 2 rings (SSSR count). The molecule has 1 atom stereocenters. The number of nitrogens with one attached hydrogen (secondary N) is 1. The van der Waals surface area contributed by atoms with Crippen LogP contribution < -0.4 is 5.32 Å². The Morgan fingerprint density at radius 2 is 2.00 bits per heavy atom. The van der Waals surface area contributed by atoms with Gasteiger partial charge in [0, 0.05) is 33.7 Å². The van der Waals surface area contributed by atoms with Gasteiger partial charge in [0.2, 0.25) is 15.9 Å². The van der Waals surface area contributed by atoms with Gasteiger partial charge in [0.25, 0.3) is 0 Å². The number of benzene rings is 1. The summed E-state index contributed by atoms with van der Waals surface area (Å²) in [5, 5.41) is 3.09. The van der Waals surface area contributed by atoms with E-state index in [0.29, 0.717) is 25.2 Å². The fourth-order valence-electron chi connectivity index (χ4n) is 2.45. The lowest BCUT2D eigenvalue weighted by molar-refractivity contribution is -0.133. The van der Waals surface area contributed by atoms with Crippen molar-refractivity contribution >= 4 is 15.9 Å². The van der Waals surface area contributed by atoms with Crippen LogP contribution in [0.5, 0.6) is 0 Å². The molecule has 1 aromatic carbocycles. The molecule has 0 aromatic heterocycles. The van der Waals surface area contributed by atoms with Gasteiger partial charge in [-0.05, 0) is 18.6 Å². The zero-order valence-electron chi connectivity index (χ0n) is 12.5. The Balaban J connectivity index is 2.41. The number of hydrogen-bond acceptors (Lipinski definition) is 4. The molecule has 1 saturated heterocycles. The Hall–Kier alpha value is -1.44. The molecular formula is C14H21N3O3S. The molecule has 21 heavy (non-hydrogen) atoms. The number of aryl methyl sites for hydroxylation is 1. The molecule has 7 heteroatoms. The predicted molar refractivity (Wildman–Crippen MR) is 80.4 cm³/mol. The second-order valence-electron chi connectivity index (χ2n) is 5.33. The van der Waals surface area contributed by atoms with E-state index in [1.54, 1.807) is 45.3 Å². The number of amides is 1. The summed E-state index contributed by atoms with van der Waals surface area (Å²) >= 11 is 0. The molecule has 1 amide bonds. The van der Waals surface area contributed by atoms with Crippen LogP contribution in [0.2, 0.25) is 0 Å². The Morgan fingerprint density at radius 3 is 2.62 bits per heavy atom. The van der Waals surface area contributed by atoms with Crippen molar-refractivity contribution in [2.45, 2.75) is 17.9 Å². The van der Waals surface area contributed by atoms with Gasteiger partial charge in [-0.2, -0.15) is 4.31 Å². The summed E-state index contributed by atoms with van der Waals surface area (Å²) in [6.07, 6.45) is 0. The van der Waals surface area contributed by atoms with Gasteiger partial charge in [-0.15, -0.1) is 0 Å². The summed E-state index contributed by atoms with van der Waals surface area (Å²) in [6.45, 7) is 2.93. The van der Waals surface area contributed by atoms with Crippen LogP contribution in [-0.2, 0) is 14.8 Å². The van der Waals surface area contributed by atoms with Gasteiger partial charge in [0.15, 0.2) is 0 Å². The molecule has 0 spiro atoms. The molecular weight excluding hydrogens is 290 g/mol. The lowest BCUT2D eigenvalue weighted by atomic mass is 10.2. The minimum atomic E-state index is -3.67. The second kappa shape index (κ2) is 6.13. The topological polar surface area (TPSA) is 69.7 Å². The van der Waals surface area contributed by atoms with E-state index in [1.807, 2.05) is 0 Å². The highest BCUT2D eigenvalue weighted by Gasteiger charge is 2.38. The Bertz CT molecular complexity index is 628. The molecule has 1 fully saturated rings. The van der Waals surface area contributed by atoms with E-state index in [4.69, 9.17) is 0 Å². The maximum Gasteiger partial charge on any atom is 0.244 e. The van der Waals surface area contributed by atoms with E-state index in [1.165, 1.54) is 9.21 Å². The number of likely N-dealkylation sites (N-methyl/N-ethyl adjacent to an activating group) is 1. The molecule has 116 valence electrons. The molecule has 0 bridgehead atoms. The average molecular weight is 311 g/mol. The first-order chi connectivity index (χ1) is 9.85. The maximum atomic E-state index is 12.9. The lowest BCUT2D eigenvalue weighted by Crippen LogP contribution is -2.59. The quantitative estimate of drug-likeness (QED) is 0.856. The third kappa shape index (κ3) is 3.09. The standard InChI is InChI=1S/C14H21N3O3S/c1-11-6-4-5-7-13(11)21(19,20)17-9-8-15-10-12(17)14(18)16(2)3/h4-7,12,15H,8-10H2,1-3H3. The SMILES string of the molecule is Cc1ccccc1S(=O)(=O)N1CCNCC1C(=O)N(C)C. The zero-order chi connectivity index (χ0) is 15.6. The van der Waals surface area contributed by atoms with Crippen LogP contribution in [0.15, 0.2) is 29.2 Å². The highest BCUT2D eigenvalue weighted by molar-refractivity contribution is 7.89. The Morgan fingerprint density at radius 1 is 1.33 bits per heavy atom. The van der Waals surface area contributed by atoms with Crippen molar-refractivity contribution in [3.8, 4) is 0 Å². The van der Waals surface area contributed by atoms with E-state index < -0.39 is 16.1 Å². The Labute approximate surface area is 125 Å². The van der Waals surface area contributed by atoms with E-state index in [9.17, 15) is 13.2 Å². The maximum absolute atomic E-state index is 12.9. The lowest BCUT2D eigenvalue weighted by Gasteiger charge is -2.35. The first-order valence-corrected chi connectivity index (χ1v) is 8.29. The molecule has 1 N–H and O–H groups in total. The number of carbonyl (C=O) groups excluding carboxylic acids is 1. The summed E-state index contributed by atoms with van der Waals surface area (Å²) in [6, 6.07) is 6.15. The predicted octanol–water partition coefficient (Wildman–Crippen LogP) is 0.0457. The zero-order valence-corrected chi connectivity index (χ0v) is 13.4. The van der Waals surface area contributed by atoms with Gasteiger partial charge in [-0.25, -0.2) is 8.42 Å². The van der Waals surface area contributed by atoms with Crippen LogP contribution in [0.1, 0.15) is 5.56 Å². The molecule has 0 aliphatic carbocycles. The number of carbonyl (C=O) groups is 1. The van der Waals surface area contributed by atoms with Gasteiger partial charge < -0.3 is 10.2 Å². The summed E-state index contributed by atoms with van der Waals surface area (Å²) in [7, 11) is -0.406. The number of rotatable bonds is 3. The van der Waals surface area contributed by atoms with Crippen molar-refractivity contribution in [3.05, 3.63) is 29.8 Å². The normalized spacial score (nSPS) is 20.2. The first kappa shape index (κ1) is 15.9. The fraction of sp³-hybridized carbons (Fsp3) is 0.500. The number of hydrogen-bond donors (Lipinski definition) is 1. The number of sulfonamides is 1. The van der Waals surface area contributed by atoms with Gasteiger partial charge in [-0.1, -0.05) is 18.2 Å². The summed E-state index contributed by atoms with van der Waals surface area (Å²) in [5.74, 6) is -0.209. The molecule has 1 unspecified atom stereocenters. The summed E-state index contributed by atoms with van der Waals surface area (Å²) in [4.78, 5) is 13.9. The van der Waals surface area contributed by atoms with Gasteiger partial charge in [-0.3, -0.25) is 4.79 Å². The third-order valence-corrected chi connectivity index (χ3v) is 5.67. The van der Waals surface area contributed by atoms with E-state index in [0.717, 1.165) is 0 Å². The number of piperazine rings is 1. The third-order valence-electron chi connectivity index (χ3n) is 3.60. The van der Waals surface area contributed by atoms with Crippen LogP contribution in [0, 0.1) is 6.92 Å². The largest absolute Gasteiger partial charge is 0.347 e. The van der Waals surface area contributed by atoms with E-state index in [2.05, 4.69) is 5.32 Å². The highest BCUT2D eigenvalue weighted by atomic mass is 32.2. The Kier molecular flexibility index (Phi) is 4.65. The number of nitrogens with zero attached hydrogens (tertiary/aromatic N) is 2. The molecule has 0 saturated carbocycles. The fourth-order valence-corrected chi connectivity index (χ4v) is 4.26. The molecule has 1 aliphatic rings. The molecule has 6 nitrogen and oxygen atoms in total. The van der Waals surface area contributed by atoms with Crippen molar-refractivity contribution in [2.24, 2.45) is 0 Å². The minimum Gasteiger partial charge on any atom is -0.347 e. The minimum absolute atomic E-state index is 0.209. The molecule has 1 aromatic rings. The van der Waals surface area contributed by atoms with Crippen LogP contribution in [0.25, 0.3) is 0 Å². The van der Waals surface area contributed by atoms with Crippen molar-refractivity contribution in [3.63, 3.8) is 0 Å². The van der Waals surface area contributed by atoms with Gasteiger partial charge >= 0.3 is 0 Å². The van der Waals surface area contributed by atoms with Crippen LogP contribution in [0.4, 0.5) is 0 Å². The van der Waals surface area contributed by atoms with Gasteiger partial charge in [0.1, 0.15) is 6.04 Å². The van der Waals surface area contributed by atoms with Crippen molar-refractivity contribution in [2.75, 3.05) is 33.7 Å². The van der Waals surface area contributed by atoms with Crippen LogP contribution >= 0.6 is 0 Å². The van der Waals surface area contributed by atoms with E-state index in [-0.39, 0.29) is 10.8 Å². The summed E-state index contributed by atoms with van der Waals surface area (Å²) < 4.78 is 27.1. The molecule has 1 aliphatic heterocycles. The average Bonchev–Trinajstić information content (AvgIpc) is 2.46. The monoisotopic (exact) mass is 311 g/mol. The van der Waals surface area contributed by atoms with Crippen molar-refractivity contribution < 1.29 is 13.2 Å². The summed E-state index contributed by atoms with van der Waals surface area (Å²) in [5.41, 5.74) is 0.687. The van der Waals surface area contributed by atoms with Crippen molar-refractivity contribution in [1.29, 1.82) is 0 Å². The second-order valence-corrected chi connectivity index (χ2v) is 7.19. The molecule has 0 radical (unpaired) electrons. The first-order valence-electron chi connectivity index (χ1n) is 6.85. The smallest absolute Gasteiger partial charge is 0.244 e.